The number of hydrogen-bond donors (Lipinski definition) is 4. The molecule has 3 atom stereocenters. The molecule has 2 aliphatic heterocycles. The van der Waals surface area contributed by atoms with Gasteiger partial charge in [-0.05, 0) is 74.8 Å². The van der Waals surface area contributed by atoms with E-state index in [9.17, 15) is 37.5 Å². The second kappa shape index (κ2) is 16.2. The van der Waals surface area contributed by atoms with E-state index in [1.807, 2.05) is 0 Å². The van der Waals surface area contributed by atoms with E-state index in [-0.39, 0.29) is 42.2 Å². The zero-order valence-electron chi connectivity index (χ0n) is 30.6. The first-order chi connectivity index (χ1) is 24.9. The highest BCUT2D eigenvalue weighted by atomic mass is 32.2. The number of aliphatic hydroxyl groups is 1. The van der Waals surface area contributed by atoms with E-state index in [1.54, 1.807) is 25.6 Å². The highest BCUT2D eigenvalue weighted by molar-refractivity contribution is 7.99. The number of benzene rings is 1. The van der Waals surface area contributed by atoms with E-state index >= 15 is 0 Å². The Morgan fingerprint density at radius 2 is 1.72 bits per heavy atom. The summed E-state index contributed by atoms with van der Waals surface area (Å²) in [7, 11) is -0.917. The summed E-state index contributed by atoms with van der Waals surface area (Å²) in [6, 6.07) is 2.63. The van der Waals surface area contributed by atoms with E-state index in [0.29, 0.717) is 23.6 Å². The molecular weight excluding hydrogens is 725 g/mol. The third-order valence-electron chi connectivity index (χ3n) is 10.6. The summed E-state index contributed by atoms with van der Waals surface area (Å²) < 4.78 is 27.8. The van der Waals surface area contributed by atoms with Crippen LogP contribution in [0.5, 0.6) is 0 Å². The Hall–Kier alpha value is -3.87. The van der Waals surface area contributed by atoms with Gasteiger partial charge < -0.3 is 26.4 Å². The summed E-state index contributed by atoms with van der Waals surface area (Å²) in [6.07, 6.45) is 6.94. The van der Waals surface area contributed by atoms with Crippen molar-refractivity contribution in [3.05, 3.63) is 41.7 Å². The zero-order valence-corrected chi connectivity index (χ0v) is 32.2. The normalized spacial score (nSPS) is 21.6. The third kappa shape index (κ3) is 8.92. The SMILES string of the molecule is CN(C)S(=O)(=O)c1ccc(C(=O)N[C@H](CC2CCCCC2)C(=O)N2CC(n3nncc3C(C)(C)O)CC2C(=O)NC2(C(=O)C(N)=O)CCSCC2)cc1. The Bertz CT molecular complexity index is 1800. The molecule has 0 spiro atoms. The molecule has 1 aromatic carbocycles. The number of nitrogens with one attached hydrogen (secondary N) is 2. The number of amides is 4. The lowest BCUT2D eigenvalue weighted by atomic mass is 9.84. The summed E-state index contributed by atoms with van der Waals surface area (Å²) in [5.41, 5.74) is 3.09. The minimum atomic E-state index is -3.73. The minimum absolute atomic E-state index is 0.00790. The number of carbonyl (C=O) groups is 5. The number of ketones is 1. The van der Waals surface area contributed by atoms with E-state index in [2.05, 4.69) is 20.9 Å². The molecule has 4 amide bonds. The fraction of sp³-hybridized carbons (Fsp3) is 0.629. The van der Waals surface area contributed by atoms with Crippen molar-refractivity contribution in [3.63, 3.8) is 0 Å². The Morgan fingerprint density at radius 3 is 2.30 bits per heavy atom. The molecule has 3 heterocycles. The second-order valence-electron chi connectivity index (χ2n) is 15.0. The Labute approximate surface area is 314 Å². The maximum Gasteiger partial charge on any atom is 0.287 e. The molecule has 3 aliphatic rings. The first-order valence-electron chi connectivity index (χ1n) is 18.0. The summed E-state index contributed by atoms with van der Waals surface area (Å²) in [5.74, 6) is -2.65. The van der Waals surface area contributed by atoms with Crippen LogP contribution in [-0.2, 0) is 34.8 Å². The molecule has 2 aromatic rings. The molecule has 5 rings (SSSR count). The van der Waals surface area contributed by atoms with Crippen LogP contribution in [0.1, 0.15) is 93.7 Å². The fourth-order valence-corrected chi connectivity index (χ4v) is 9.62. The lowest BCUT2D eigenvalue weighted by Crippen LogP contribution is -2.63. The van der Waals surface area contributed by atoms with Gasteiger partial charge in [-0.15, -0.1) is 5.10 Å². The molecule has 53 heavy (non-hydrogen) atoms. The molecule has 18 heteroatoms. The molecule has 290 valence electrons. The van der Waals surface area contributed by atoms with Crippen LogP contribution in [0.4, 0.5) is 0 Å². The molecule has 1 aliphatic carbocycles. The van der Waals surface area contributed by atoms with Gasteiger partial charge >= 0.3 is 0 Å². The van der Waals surface area contributed by atoms with Crippen LogP contribution < -0.4 is 16.4 Å². The maximum absolute atomic E-state index is 14.8. The van der Waals surface area contributed by atoms with Crippen LogP contribution in [-0.4, -0.2) is 117 Å². The number of nitrogens with zero attached hydrogens (tertiary/aromatic N) is 5. The van der Waals surface area contributed by atoms with Crippen molar-refractivity contribution in [1.29, 1.82) is 0 Å². The molecule has 2 saturated heterocycles. The van der Waals surface area contributed by atoms with Gasteiger partial charge in [-0.2, -0.15) is 11.8 Å². The number of Topliss-reactive ketones (excluding diaryl/α,β-unsaturated/α-hetero) is 1. The van der Waals surface area contributed by atoms with Crippen LogP contribution >= 0.6 is 11.8 Å². The largest absolute Gasteiger partial charge is 0.384 e. The summed E-state index contributed by atoms with van der Waals surface area (Å²) in [4.78, 5) is 69.5. The fourth-order valence-electron chi connectivity index (χ4n) is 7.53. The average molecular weight is 775 g/mol. The van der Waals surface area contributed by atoms with Crippen molar-refractivity contribution in [2.45, 2.75) is 106 Å². The molecule has 0 bridgehead atoms. The average Bonchev–Trinajstić information content (AvgIpc) is 3.80. The Morgan fingerprint density at radius 1 is 1.08 bits per heavy atom. The van der Waals surface area contributed by atoms with Gasteiger partial charge in [0.2, 0.25) is 27.6 Å². The quantitative estimate of drug-likeness (QED) is 0.211. The van der Waals surface area contributed by atoms with Crippen molar-refractivity contribution >= 4 is 51.2 Å². The van der Waals surface area contributed by atoms with Crippen LogP contribution in [0.15, 0.2) is 35.4 Å². The number of likely N-dealkylation sites (tertiary alicyclic amines) is 1. The van der Waals surface area contributed by atoms with Gasteiger partial charge in [0.25, 0.3) is 11.8 Å². The van der Waals surface area contributed by atoms with Gasteiger partial charge in [0.1, 0.15) is 23.2 Å². The highest BCUT2D eigenvalue weighted by Crippen LogP contribution is 2.35. The standard InChI is InChI=1S/C35H50N8O8S2/c1-34(2,49)28-20-37-40-43(28)24-19-27(32(47)39-35(29(44)30(36)45)14-16-52-17-15-35)42(21-24)33(48)26(18-22-8-6-5-7-9-22)38-31(46)23-10-12-25(13-11-23)53(50,51)41(3)4/h10-13,20,22,24,26-27,49H,5-9,14-19,21H2,1-4H3,(H2,36,45)(H,38,46)(H,39,47)/t24?,26-,27?/m1/s1. The van der Waals surface area contributed by atoms with Gasteiger partial charge in [0.05, 0.1) is 22.8 Å². The van der Waals surface area contributed by atoms with Crippen LogP contribution in [0.3, 0.4) is 0 Å². The number of sulfonamides is 1. The lowest BCUT2D eigenvalue weighted by Gasteiger charge is -2.37. The van der Waals surface area contributed by atoms with Crippen molar-refractivity contribution in [3.8, 4) is 0 Å². The first-order valence-corrected chi connectivity index (χ1v) is 20.5. The van der Waals surface area contributed by atoms with Crippen molar-refractivity contribution in [2.75, 3.05) is 32.1 Å². The van der Waals surface area contributed by atoms with Gasteiger partial charge in [-0.3, -0.25) is 24.0 Å². The molecule has 1 aromatic heterocycles. The van der Waals surface area contributed by atoms with E-state index in [1.165, 1.54) is 54.1 Å². The van der Waals surface area contributed by atoms with Crippen molar-refractivity contribution in [1.82, 2.24) is 34.8 Å². The van der Waals surface area contributed by atoms with Gasteiger partial charge in [-0.1, -0.05) is 37.3 Å². The highest BCUT2D eigenvalue weighted by Gasteiger charge is 2.49. The van der Waals surface area contributed by atoms with Gasteiger partial charge in [0, 0.05) is 32.6 Å². The summed E-state index contributed by atoms with van der Waals surface area (Å²) in [6.45, 7) is 3.12. The maximum atomic E-state index is 14.8. The van der Waals surface area contributed by atoms with Crippen molar-refractivity contribution < 1.29 is 37.5 Å². The van der Waals surface area contributed by atoms with Crippen molar-refractivity contribution in [2.24, 2.45) is 11.7 Å². The third-order valence-corrected chi connectivity index (χ3v) is 13.4. The summed E-state index contributed by atoms with van der Waals surface area (Å²) in [5, 5.41) is 24.8. The second-order valence-corrected chi connectivity index (χ2v) is 18.4. The Balaban J connectivity index is 1.48. The topological polar surface area (TPSA) is 227 Å². The number of nitrogens with two attached hydrogens (primary N) is 1. The molecule has 1 saturated carbocycles. The molecule has 5 N–H and O–H groups in total. The molecular formula is C35H50N8O8S2. The van der Waals surface area contributed by atoms with E-state index in [0.717, 1.165) is 36.4 Å². The van der Waals surface area contributed by atoms with E-state index in [4.69, 9.17) is 5.73 Å². The molecule has 16 nitrogen and oxygen atoms in total. The number of aromatic nitrogens is 3. The molecule has 3 fully saturated rings. The predicted octanol–water partition coefficient (Wildman–Crippen LogP) is 1.10. The van der Waals surface area contributed by atoms with Gasteiger partial charge in [-0.25, -0.2) is 17.4 Å². The Kier molecular flexibility index (Phi) is 12.4. The number of hydrogen-bond acceptors (Lipinski definition) is 11. The summed E-state index contributed by atoms with van der Waals surface area (Å²) >= 11 is 1.59. The predicted molar refractivity (Wildman–Crippen MR) is 196 cm³/mol. The first kappa shape index (κ1) is 40.3. The van der Waals surface area contributed by atoms with Gasteiger partial charge in [0.15, 0.2) is 0 Å². The van der Waals surface area contributed by atoms with E-state index < -0.39 is 68.7 Å². The number of thioether (sulfide) groups is 1. The number of carbonyl (C=O) groups excluding carboxylic acids is 5. The smallest absolute Gasteiger partial charge is 0.287 e. The zero-order chi connectivity index (χ0) is 38.7. The lowest BCUT2D eigenvalue weighted by molar-refractivity contribution is -0.145. The van der Waals surface area contributed by atoms with Crippen LogP contribution in [0, 0.1) is 5.92 Å². The number of rotatable bonds is 13. The van der Waals surface area contributed by atoms with Crippen LogP contribution in [0.2, 0.25) is 0 Å². The minimum Gasteiger partial charge on any atom is -0.384 e. The van der Waals surface area contributed by atoms with Crippen LogP contribution in [0.25, 0.3) is 0 Å². The monoisotopic (exact) mass is 774 g/mol. The molecule has 2 unspecified atom stereocenters. The number of primary amides is 1. The molecule has 0 radical (unpaired) electrons.